The molecule has 0 spiro atoms. The van der Waals surface area contributed by atoms with Crippen LogP contribution in [0.1, 0.15) is 37.1 Å². The lowest BCUT2D eigenvalue weighted by atomic mass is 10.0. The Labute approximate surface area is 145 Å². The lowest BCUT2D eigenvalue weighted by Gasteiger charge is -1.99. The number of hydrogen-bond donors (Lipinski definition) is 3. The van der Waals surface area contributed by atoms with Crippen molar-refractivity contribution in [2.45, 2.75) is 0 Å². The zero-order valence-corrected chi connectivity index (χ0v) is 13.0. The summed E-state index contributed by atoms with van der Waals surface area (Å²) in [5.41, 5.74) is 3.55. The van der Waals surface area contributed by atoms with Gasteiger partial charge in [0.05, 0.1) is 17.3 Å². The molecular weight excluding hydrogens is 340 g/mol. The Morgan fingerprint density at radius 3 is 2.81 bits per heavy atom. The lowest BCUT2D eigenvalue weighted by molar-refractivity contribution is 0.0877. The maximum atomic E-state index is 11.7. The summed E-state index contributed by atoms with van der Waals surface area (Å²) in [7, 11) is 0. The fourth-order valence-corrected chi connectivity index (χ4v) is 2.42. The Hall–Kier alpha value is -4.08. The van der Waals surface area contributed by atoms with E-state index >= 15 is 0 Å². The van der Waals surface area contributed by atoms with E-state index in [9.17, 15) is 14.4 Å². The number of fused-ring (bicyclic) bond motifs is 1. The quantitative estimate of drug-likeness (QED) is 0.359. The molecule has 10 heteroatoms. The van der Waals surface area contributed by atoms with Gasteiger partial charge in [0.1, 0.15) is 17.8 Å². The molecule has 0 atom stereocenters. The molecule has 3 amide bonds. The lowest BCUT2D eigenvalue weighted by Crippen LogP contribution is -2.19. The highest BCUT2D eigenvalue weighted by molar-refractivity contribution is 6.21. The Balaban J connectivity index is 1.49. The number of nitrogens with one attached hydrogen (secondary N) is 3. The SMILES string of the molecule is O=C(N/N=C\c1ccc(-c2ccc3c(c2)C(=O)NC3=O)o1)c1ncn[nH]1. The van der Waals surface area contributed by atoms with Gasteiger partial charge in [-0.3, -0.25) is 24.8 Å². The van der Waals surface area contributed by atoms with E-state index in [2.05, 4.69) is 31.0 Å². The molecule has 0 saturated carbocycles. The summed E-state index contributed by atoms with van der Waals surface area (Å²) in [6.45, 7) is 0. The number of imide groups is 1. The average molecular weight is 350 g/mol. The fraction of sp³-hybridized carbons (Fsp3) is 0. The van der Waals surface area contributed by atoms with Gasteiger partial charge in [-0.25, -0.2) is 10.4 Å². The summed E-state index contributed by atoms with van der Waals surface area (Å²) in [4.78, 5) is 38.6. The van der Waals surface area contributed by atoms with Gasteiger partial charge >= 0.3 is 5.91 Å². The van der Waals surface area contributed by atoms with Gasteiger partial charge in [0.2, 0.25) is 5.82 Å². The highest BCUT2D eigenvalue weighted by Gasteiger charge is 2.27. The molecular formula is C16H10N6O4. The van der Waals surface area contributed by atoms with E-state index in [1.807, 2.05) is 0 Å². The first-order chi connectivity index (χ1) is 12.6. The minimum atomic E-state index is -0.542. The third-order valence-electron chi connectivity index (χ3n) is 3.64. The van der Waals surface area contributed by atoms with Crippen LogP contribution in [-0.4, -0.2) is 39.1 Å². The largest absolute Gasteiger partial charge is 0.455 e. The molecule has 0 aliphatic carbocycles. The number of nitrogens with zero attached hydrogens (tertiary/aromatic N) is 3. The number of furan rings is 1. The smallest absolute Gasteiger partial charge is 0.308 e. The fourth-order valence-electron chi connectivity index (χ4n) is 2.42. The number of aromatic amines is 1. The first-order valence-corrected chi connectivity index (χ1v) is 7.40. The Morgan fingerprint density at radius 2 is 2.00 bits per heavy atom. The molecule has 26 heavy (non-hydrogen) atoms. The third-order valence-corrected chi connectivity index (χ3v) is 3.64. The molecule has 0 fully saturated rings. The van der Waals surface area contributed by atoms with Crippen molar-refractivity contribution < 1.29 is 18.8 Å². The highest BCUT2D eigenvalue weighted by Crippen LogP contribution is 2.26. The first-order valence-electron chi connectivity index (χ1n) is 7.40. The van der Waals surface area contributed by atoms with Crippen LogP contribution in [0.3, 0.4) is 0 Å². The van der Waals surface area contributed by atoms with Crippen molar-refractivity contribution in [3.05, 3.63) is 59.4 Å². The summed E-state index contributed by atoms with van der Waals surface area (Å²) in [5, 5.41) is 12.0. The minimum absolute atomic E-state index is 0.0354. The Bertz CT molecular complexity index is 1050. The van der Waals surface area contributed by atoms with Crippen LogP contribution in [0.15, 0.2) is 46.2 Å². The van der Waals surface area contributed by atoms with Crippen LogP contribution in [0.4, 0.5) is 0 Å². The number of benzene rings is 1. The van der Waals surface area contributed by atoms with Crippen LogP contribution in [-0.2, 0) is 0 Å². The van der Waals surface area contributed by atoms with E-state index in [4.69, 9.17) is 4.42 Å². The maximum Gasteiger partial charge on any atom is 0.308 e. The number of hydrazone groups is 1. The second-order valence-electron chi connectivity index (χ2n) is 5.28. The van der Waals surface area contributed by atoms with Crippen molar-refractivity contribution in [2.24, 2.45) is 5.10 Å². The number of carbonyl (C=O) groups excluding carboxylic acids is 3. The van der Waals surface area contributed by atoms with Gasteiger partial charge in [0, 0.05) is 5.56 Å². The number of aromatic nitrogens is 3. The predicted octanol–water partition coefficient (Wildman–Crippen LogP) is 0.712. The molecule has 0 saturated heterocycles. The van der Waals surface area contributed by atoms with Gasteiger partial charge < -0.3 is 4.42 Å². The molecule has 3 N–H and O–H groups in total. The maximum absolute atomic E-state index is 11.7. The summed E-state index contributed by atoms with van der Waals surface area (Å²) < 4.78 is 5.61. The average Bonchev–Trinajstić information content (AvgIpc) is 3.37. The summed E-state index contributed by atoms with van der Waals surface area (Å²) in [6.07, 6.45) is 2.53. The van der Waals surface area contributed by atoms with Crippen molar-refractivity contribution in [1.29, 1.82) is 0 Å². The van der Waals surface area contributed by atoms with E-state index in [0.717, 1.165) is 0 Å². The second-order valence-corrected chi connectivity index (χ2v) is 5.28. The summed E-state index contributed by atoms with van der Waals surface area (Å²) in [6, 6.07) is 8.18. The number of hydrogen-bond acceptors (Lipinski definition) is 7. The van der Waals surface area contributed by atoms with Gasteiger partial charge in [-0.2, -0.15) is 10.2 Å². The molecule has 10 nitrogen and oxygen atoms in total. The zero-order chi connectivity index (χ0) is 18.1. The van der Waals surface area contributed by atoms with Gasteiger partial charge in [0.15, 0.2) is 0 Å². The molecule has 4 rings (SSSR count). The normalized spacial score (nSPS) is 13.1. The number of carbonyl (C=O) groups is 3. The van der Waals surface area contributed by atoms with Gasteiger partial charge in [-0.1, -0.05) is 6.07 Å². The van der Waals surface area contributed by atoms with Gasteiger partial charge in [-0.15, -0.1) is 0 Å². The molecule has 3 heterocycles. The van der Waals surface area contributed by atoms with Gasteiger partial charge in [-0.05, 0) is 24.3 Å². The third kappa shape index (κ3) is 2.75. The Kier molecular flexibility index (Phi) is 3.62. The van der Waals surface area contributed by atoms with Crippen molar-refractivity contribution in [3.63, 3.8) is 0 Å². The molecule has 0 radical (unpaired) electrons. The van der Waals surface area contributed by atoms with Crippen LogP contribution in [0.2, 0.25) is 0 Å². The highest BCUT2D eigenvalue weighted by atomic mass is 16.3. The van der Waals surface area contributed by atoms with Crippen molar-refractivity contribution in [3.8, 4) is 11.3 Å². The zero-order valence-electron chi connectivity index (χ0n) is 13.0. The van der Waals surface area contributed by atoms with Crippen molar-refractivity contribution in [2.75, 3.05) is 0 Å². The van der Waals surface area contributed by atoms with Crippen LogP contribution >= 0.6 is 0 Å². The molecule has 0 bridgehead atoms. The molecule has 1 aliphatic rings. The number of rotatable bonds is 4. The first kappa shape index (κ1) is 15.4. The van der Waals surface area contributed by atoms with Crippen LogP contribution in [0.25, 0.3) is 11.3 Å². The minimum Gasteiger partial charge on any atom is -0.455 e. The molecule has 1 aromatic carbocycles. The topological polar surface area (TPSA) is 142 Å². The molecule has 1 aliphatic heterocycles. The van der Waals surface area contributed by atoms with Crippen LogP contribution < -0.4 is 10.7 Å². The van der Waals surface area contributed by atoms with E-state index in [1.165, 1.54) is 12.5 Å². The monoisotopic (exact) mass is 350 g/mol. The molecule has 3 aromatic rings. The van der Waals surface area contributed by atoms with E-state index < -0.39 is 17.7 Å². The van der Waals surface area contributed by atoms with E-state index in [-0.39, 0.29) is 5.82 Å². The molecule has 2 aromatic heterocycles. The summed E-state index contributed by atoms with van der Waals surface area (Å²) in [5.74, 6) is -0.475. The number of amides is 3. The molecule has 128 valence electrons. The predicted molar refractivity (Wildman–Crippen MR) is 87.4 cm³/mol. The standard InChI is InChI=1S/C16H10N6O4/c23-14-10-3-1-8(5-11(10)15(24)20-14)12-4-2-9(26-12)6-18-22-16(25)13-17-7-19-21-13/h1-7H,(H,22,25)(H,17,19,21)(H,20,23,24)/b18-6-. The van der Waals surface area contributed by atoms with E-state index in [1.54, 1.807) is 30.3 Å². The van der Waals surface area contributed by atoms with Crippen LogP contribution in [0, 0.1) is 0 Å². The van der Waals surface area contributed by atoms with E-state index in [0.29, 0.717) is 28.2 Å². The van der Waals surface area contributed by atoms with Gasteiger partial charge in [0.25, 0.3) is 11.8 Å². The van der Waals surface area contributed by atoms with Crippen LogP contribution in [0.5, 0.6) is 0 Å². The molecule has 0 unspecified atom stereocenters. The van der Waals surface area contributed by atoms with Crippen molar-refractivity contribution in [1.82, 2.24) is 25.9 Å². The van der Waals surface area contributed by atoms with Crippen molar-refractivity contribution >= 4 is 23.9 Å². The second kappa shape index (κ2) is 6.09. The summed E-state index contributed by atoms with van der Waals surface area (Å²) >= 11 is 0. The number of H-pyrrole nitrogens is 1. The Morgan fingerprint density at radius 1 is 1.15 bits per heavy atom.